The molecule has 1 N–H and O–H groups in total. The van der Waals surface area contributed by atoms with Crippen LogP contribution in [0.5, 0.6) is 0 Å². The summed E-state index contributed by atoms with van der Waals surface area (Å²) in [4.78, 5) is 0. The van der Waals surface area contributed by atoms with Crippen LogP contribution in [0, 0.1) is 0 Å². The van der Waals surface area contributed by atoms with Gasteiger partial charge in [-0.25, -0.2) is 0 Å². The van der Waals surface area contributed by atoms with E-state index in [1.807, 2.05) is 6.92 Å². The molecule has 0 heterocycles. The first-order valence-electron chi connectivity index (χ1n) is 4.73. The fraction of sp³-hybridized carbons (Fsp3) is 0.636. The Kier molecular flexibility index (Phi) is 3.10. The maximum absolute atomic E-state index is 9.85. The van der Waals surface area contributed by atoms with E-state index in [4.69, 9.17) is 0 Å². The topological polar surface area (TPSA) is 20.2 Å². The van der Waals surface area contributed by atoms with Gasteiger partial charge in [0.05, 0.1) is 5.60 Å². The van der Waals surface area contributed by atoms with Gasteiger partial charge in [0.15, 0.2) is 0 Å². The molecule has 12 heavy (non-hydrogen) atoms. The molecule has 1 atom stereocenters. The van der Waals surface area contributed by atoms with E-state index in [1.165, 1.54) is 5.57 Å². The molecule has 1 nitrogen and oxygen atoms in total. The first-order chi connectivity index (χ1) is 5.67. The van der Waals surface area contributed by atoms with E-state index in [0.717, 1.165) is 25.7 Å². The molecule has 0 aromatic rings. The monoisotopic (exact) mass is 166 g/mol. The Hall–Kier alpha value is -0.560. The molecule has 0 bridgehead atoms. The van der Waals surface area contributed by atoms with Gasteiger partial charge in [-0.05, 0) is 38.2 Å². The highest BCUT2D eigenvalue weighted by atomic mass is 16.3. The lowest BCUT2D eigenvalue weighted by Gasteiger charge is -2.19. The largest absolute Gasteiger partial charge is 0.386 e. The van der Waals surface area contributed by atoms with Gasteiger partial charge >= 0.3 is 0 Å². The SMILES string of the molecule is CC/C=C\CC1=CCCC1(C)O. The summed E-state index contributed by atoms with van der Waals surface area (Å²) < 4.78 is 0. The zero-order valence-electron chi connectivity index (χ0n) is 8.01. The van der Waals surface area contributed by atoms with Gasteiger partial charge in [-0.15, -0.1) is 0 Å². The predicted molar refractivity (Wildman–Crippen MR) is 52.0 cm³/mol. The van der Waals surface area contributed by atoms with Gasteiger partial charge in [-0.2, -0.15) is 0 Å². The minimum absolute atomic E-state index is 0.530. The van der Waals surface area contributed by atoms with Gasteiger partial charge in [-0.3, -0.25) is 0 Å². The van der Waals surface area contributed by atoms with Crippen LogP contribution in [0.25, 0.3) is 0 Å². The van der Waals surface area contributed by atoms with Crippen molar-refractivity contribution < 1.29 is 5.11 Å². The van der Waals surface area contributed by atoms with Crippen molar-refractivity contribution in [1.82, 2.24) is 0 Å². The molecule has 0 saturated heterocycles. The predicted octanol–water partition coefficient (Wildman–Crippen LogP) is 2.81. The Bertz CT molecular complexity index is 199. The summed E-state index contributed by atoms with van der Waals surface area (Å²) in [7, 11) is 0. The van der Waals surface area contributed by atoms with Crippen LogP contribution in [0.4, 0.5) is 0 Å². The van der Waals surface area contributed by atoms with Gasteiger partial charge in [-0.1, -0.05) is 25.2 Å². The minimum atomic E-state index is -0.530. The summed E-state index contributed by atoms with van der Waals surface area (Å²) in [6, 6.07) is 0. The number of rotatable bonds is 3. The molecular formula is C11H18O. The molecule has 0 aromatic carbocycles. The lowest BCUT2D eigenvalue weighted by molar-refractivity contribution is 0.0979. The third-order valence-corrected chi connectivity index (χ3v) is 2.45. The highest BCUT2D eigenvalue weighted by Gasteiger charge is 2.27. The normalized spacial score (nSPS) is 29.8. The quantitative estimate of drug-likeness (QED) is 0.639. The highest BCUT2D eigenvalue weighted by molar-refractivity contribution is 5.23. The maximum atomic E-state index is 9.85. The zero-order valence-corrected chi connectivity index (χ0v) is 8.01. The summed E-state index contributed by atoms with van der Waals surface area (Å²) in [6.07, 6.45) is 10.4. The van der Waals surface area contributed by atoms with Crippen molar-refractivity contribution in [3.05, 3.63) is 23.8 Å². The molecule has 1 aliphatic carbocycles. The van der Waals surface area contributed by atoms with Crippen molar-refractivity contribution in [2.45, 2.75) is 45.1 Å². The van der Waals surface area contributed by atoms with Gasteiger partial charge in [0, 0.05) is 0 Å². The standard InChI is InChI=1S/C11H18O/c1-3-4-5-7-10-8-6-9-11(10,2)12/h4-5,8,12H,3,6-7,9H2,1-2H3/b5-4-. The second-order valence-corrected chi connectivity index (χ2v) is 3.63. The van der Waals surface area contributed by atoms with Crippen molar-refractivity contribution in [1.29, 1.82) is 0 Å². The molecule has 1 aliphatic rings. The van der Waals surface area contributed by atoms with Crippen LogP contribution in [-0.4, -0.2) is 10.7 Å². The molecule has 1 heteroatoms. The molecule has 68 valence electrons. The van der Waals surface area contributed by atoms with Crippen LogP contribution in [0.3, 0.4) is 0 Å². The summed E-state index contributed by atoms with van der Waals surface area (Å²) >= 11 is 0. The fourth-order valence-corrected chi connectivity index (χ4v) is 1.59. The van der Waals surface area contributed by atoms with Crippen molar-refractivity contribution in [3.63, 3.8) is 0 Å². The van der Waals surface area contributed by atoms with Crippen molar-refractivity contribution in [2.24, 2.45) is 0 Å². The van der Waals surface area contributed by atoms with Crippen LogP contribution in [0.1, 0.15) is 39.5 Å². The number of hydrogen-bond acceptors (Lipinski definition) is 1. The Morgan fingerprint density at radius 1 is 1.58 bits per heavy atom. The molecule has 0 saturated carbocycles. The lowest BCUT2D eigenvalue weighted by atomic mass is 9.96. The van der Waals surface area contributed by atoms with E-state index in [9.17, 15) is 5.11 Å². The van der Waals surface area contributed by atoms with Crippen LogP contribution in [0.15, 0.2) is 23.8 Å². The van der Waals surface area contributed by atoms with E-state index in [2.05, 4.69) is 25.2 Å². The van der Waals surface area contributed by atoms with Crippen LogP contribution in [-0.2, 0) is 0 Å². The van der Waals surface area contributed by atoms with Gasteiger partial charge in [0.2, 0.25) is 0 Å². The average Bonchev–Trinajstić information content (AvgIpc) is 2.32. The summed E-state index contributed by atoms with van der Waals surface area (Å²) in [5.74, 6) is 0. The van der Waals surface area contributed by atoms with Crippen molar-refractivity contribution in [2.75, 3.05) is 0 Å². The number of allylic oxidation sites excluding steroid dienone is 3. The van der Waals surface area contributed by atoms with Crippen LogP contribution in [0.2, 0.25) is 0 Å². The Balaban J connectivity index is 2.47. The summed E-state index contributed by atoms with van der Waals surface area (Å²) in [5, 5.41) is 9.85. The number of aliphatic hydroxyl groups is 1. The second kappa shape index (κ2) is 3.90. The van der Waals surface area contributed by atoms with E-state index >= 15 is 0 Å². The van der Waals surface area contributed by atoms with Crippen molar-refractivity contribution in [3.8, 4) is 0 Å². The Morgan fingerprint density at radius 2 is 2.33 bits per heavy atom. The molecule has 0 amide bonds. The molecule has 0 aromatic heterocycles. The van der Waals surface area contributed by atoms with E-state index in [0.29, 0.717) is 0 Å². The zero-order chi connectivity index (χ0) is 9.03. The third-order valence-electron chi connectivity index (χ3n) is 2.45. The Morgan fingerprint density at radius 3 is 2.83 bits per heavy atom. The van der Waals surface area contributed by atoms with E-state index < -0.39 is 5.60 Å². The molecule has 0 spiro atoms. The van der Waals surface area contributed by atoms with Crippen LogP contribution < -0.4 is 0 Å². The summed E-state index contributed by atoms with van der Waals surface area (Å²) in [6.45, 7) is 4.03. The highest BCUT2D eigenvalue weighted by Crippen LogP contribution is 2.31. The molecule has 0 aliphatic heterocycles. The fourth-order valence-electron chi connectivity index (χ4n) is 1.59. The first-order valence-corrected chi connectivity index (χ1v) is 4.73. The molecule has 1 rings (SSSR count). The van der Waals surface area contributed by atoms with E-state index in [1.54, 1.807) is 0 Å². The second-order valence-electron chi connectivity index (χ2n) is 3.63. The molecule has 0 radical (unpaired) electrons. The van der Waals surface area contributed by atoms with Gasteiger partial charge in [0.1, 0.15) is 0 Å². The number of hydrogen-bond donors (Lipinski definition) is 1. The van der Waals surface area contributed by atoms with E-state index in [-0.39, 0.29) is 0 Å². The van der Waals surface area contributed by atoms with Gasteiger partial charge in [0.25, 0.3) is 0 Å². The lowest BCUT2D eigenvalue weighted by Crippen LogP contribution is -2.22. The average molecular weight is 166 g/mol. The molecule has 1 unspecified atom stereocenters. The van der Waals surface area contributed by atoms with Crippen LogP contribution >= 0.6 is 0 Å². The molecular weight excluding hydrogens is 148 g/mol. The minimum Gasteiger partial charge on any atom is -0.386 e. The van der Waals surface area contributed by atoms with Gasteiger partial charge < -0.3 is 5.11 Å². The smallest absolute Gasteiger partial charge is 0.0834 e. The molecule has 0 fully saturated rings. The van der Waals surface area contributed by atoms with Crippen molar-refractivity contribution >= 4 is 0 Å². The summed E-state index contributed by atoms with van der Waals surface area (Å²) in [5.41, 5.74) is 0.658. The Labute approximate surface area is 74.8 Å². The third kappa shape index (κ3) is 2.21. The first kappa shape index (κ1) is 9.53. The maximum Gasteiger partial charge on any atom is 0.0834 e.